The third-order valence-electron chi connectivity index (χ3n) is 4.00. The first-order chi connectivity index (χ1) is 13.2. The highest BCUT2D eigenvalue weighted by Gasteiger charge is 2.08. The van der Waals surface area contributed by atoms with Crippen LogP contribution < -0.4 is 10.1 Å². The number of benzene rings is 1. The number of pyridine rings is 2. The largest absolute Gasteiger partial charge is 0.489 e. The number of aromatic nitrogens is 2. The van der Waals surface area contributed by atoms with Crippen LogP contribution in [0.5, 0.6) is 5.75 Å². The first-order valence-corrected chi connectivity index (χ1v) is 8.71. The lowest BCUT2D eigenvalue weighted by Crippen LogP contribution is -2.24. The molecule has 0 spiro atoms. The number of nitrogens with zero attached hydrogens (tertiary/aromatic N) is 2. The van der Waals surface area contributed by atoms with Gasteiger partial charge in [-0.25, -0.2) is 0 Å². The van der Waals surface area contributed by atoms with Crippen LogP contribution in [0, 0.1) is 0 Å². The second-order valence-electron chi connectivity index (χ2n) is 6.06. The third kappa shape index (κ3) is 5.78. The van der Waals surface area contributed by atoms with Crippen LogP contribution in [-0.4, -0.2) is 15.9 Å². The smallest absolute Gasteiger partial charge is 0.244 e. The van der Waals surface area contributed by atoms with E-state index in [4.69, 9.17) is 4.74 Å². The molecule has 2 heterocycles. The van der Waals surface area contributed by atoms with Crippen LogP contribution in [0.15, 0.2) is 79.4 Å². The Kier molecular flexibility index (Phi) is 6.30. The zero-order valence-electron chi connectivity index (χ0n) is 15.1. The van der Waals surface area contributed by atoms with E-state index in [0.717, 1.165) is 22.4 Å². The number of hydrogen-bond donors (Lipinski definition) is 1. The van der Waals surface area contributed by atoms with Crippen LogP contribution in [0.3, 0.4) is 0 Å². The molecule has 0 radical (unpaired) electrons. The Bertz CT molecular complexity index is 878. The summed E-state index contributed by atoms with van der Waals surface area (Å²) in [5.74, 6) is 0.634. The molecular weight excluding hydrogens is 338 g/mol. The summed E-state index contributed by atoms with van der Waals surface area (Å²) < 4.78 is 5.75. The summed E-state index contributed by atoms with van der Waals surface area (Å²) in [6.07, 6.45) is 10.2. The summed E-state index contributed by atoms with van der Waals surface area (Å²) in [5, 5.41) is 2.95. The maximum atomic E-state index is 12.1. The summed E-state index contributed by atoms with van der Waals surface area (Å²) >= 11 is 0. The van der Waals surface area contributed by atoms with Crippen molar-refractivity contribution in [2.75, 3.05) is 0 Å². The van der Waals surface area contributed by atoms with E-state index in [1.807, 2.05) is 55.5 Å². The predicted molar refractivity (Wildman–Crippen MR) is 105 cm³/mol. The monoisotopic (exact) mass is 359 g/mol. The molecule has 1 aromatic carbocycles. The fourth-order valence-electron chi connectivity index (χ4n) is 2.49. The third-order valence-corrected chi connectivity index (χ3v) is 4.00. The zero-order valence-corrected chi connectivity index (χ0v) is 15.1. The van der Waals surface area contributed by atoms with Gasteiger partial charge in [-0.1, -0.05) is 18.2 Å². The Hall–Kier alpha value is -3.47. The van der Waals surface area contributed by atoms with Crippen molar-refractivity contribution in [2.24, 2.45) is 0 Å². The van der Waals surface area contributed by atoms with E-state index in [1.165, 1.54) is 6.08 Å². The summed E-state index contributed by atoms with van der Waals surface area (Å²) in [6.45, 7) is 2.42. The van der Waals surface area contributed by atoms with E-state index >= 15 is 0 Å². The number of carbonyl (C=O) groups is 1. The van der Waals surface area contributed by atoms with E-state index in [0.29, 0.717) is 6.61 Å². The minimum absolute atomic E-state index is 0.105. The summed E-state index contributed by atoms with van der Waals surface area (Å²) in [5.41, 5.74) is 2.96. The van der Waals surface area contributed by atoms with Crippen LogP contribution in [-0.2, 0) is 11.4 Å². The van der Waals surface area contributed by atoms with Gasteiger partial charge in [-0.05, 0) is 54.5 Å². The molecule has 1 unspecified atom stereocenters. The topological polar surface area (TPSA) is 64.1 Å². The molecule has 0 saturated carbocycles. The van der Waals surface area contributed by atoms with Gasteiger partial charge in [0.05, 0.1) is 6.04 Å². The van der Waals surface area contributed by atoms with Gasteiger partial charge in [-0.2, -0.15) is 0 Å². The maximum Gasteiger partial charge on any atom is 0.244 e. The summed E-state index contributed by atoms with van der Waals surface area (Å²) in [7, 11) is 0. The van der Waals surface area contributed by atoms with Gasteiger partial charge in [0.1, 0.15) is 12.4 Å². The Balaban J connectivity index is 1.51. The summed E-state index contributed by atoms with van der Waals surface area (Å²) in [6, 6.07) is 15.2. The molecule has 0 saturated heterocycles. The molecule has 3 aromatic rings. The van der Waals surface area contributed by atoms with Gasteiger partial charge < -0.3 is 10.1 Å². The van der Waals surface area contributed by atoms with Crippen molar-refractivity contribution in [3.8, 4) is 5.75 Å². The number of carbonyl (C=O) groups excluding carboxylic acids is 1. The van der Waals surface area contributed by atoms with Gasteiger partial charge in [0.25, 0.3) is 0 Å². The van der Waals surface area contributed by atoms with E-state index < -0.39 is 0 Å². The molecule has 0 aliphatic heterocycles. The number of nitrogens with one attached hydrogen (secondary N) is 1. The highest BCUT2D eigenvalue weighted by molar-refractivity contribution is 5.91. The second kappa shape index (κ2) is 9.29. The Morgan fingerprint density at radius 3 is 2.56 bits per heavy atom. The van der Waals surface area contributed by atoms with Gasteiger partial charge in [0.2, 0.25) is 5.91 Å². The molecular formula is C22H21N3O2. The van der Waals surface area contributed by atoms with Gasteiger partial charge in [-0.3, -0.25) is 14.8 Å². The van der Waals surface area contributed by atoms with Crippen molar-refractivity contribution in [3.05, 3.63) is 96.1 Å². The second-order valence-corrected chi connectivity index (χ2v) is 6.06. The van der Waals surface area contributed by atoms with Gasteiger partial charge in [0.15, 0.2) is 0 Å². The number of ether oxygens (including phenoxy) is 1. The highest BCUT2D eigenvalue weighted by atomic mass is 16.5. The molecule has 0 bridgehead atoms. The van der Waals surface area contributed by atoms with E-state index in [2.05, 4.69) is 15.3 Å². The average Bonchev–Trinajstić information content (AvgIpc) is 2.72. The van der Waals surface area contributed by atoms with E-state index in [-0.39, 0.29) is 11.9 Å². The molecule has 1 N–H and O–H groups in total. The van der Waals surface area contributed by atoms with Crippen molar-refractivity contribution in [1.82, 2.24) is 15.3 Å². The lowest BCUT2D eigenvalue weighted by molar-refractivity contribution is -0.117. The Morgan fingerprint density at radius 2 is 1.85 bits per heavy atom. The standard InChI is InChI=1S/C22H21N3O2/c1-17(25-22(26)9-4-18-10-13-23-14-11-18)20-5-7-21(8-6-20)27-16-19-3-2-12-24-15-19/h2-15,17H,16H2,1H3,(H,25,26)/b9-4+. The molecule has 0 aliphatic rings. The maximum absolute atomic E-state index is 12.1. The highest BCUT2D eigenvalue weighted by Crippen LogP contribution is 2.18. The SMILES string of the molecule is CC(NC(=O)/C=C/c1ccncc1)c1ccc(OCc2cccnc2)cc1. The fraction of sp³-hybridized carbons (Fsp3) is 0.136. The molecule has 27 heavy (non-hydrogen) atoms. The van der Waals surface area contributed by atoms with Gasteiger partial charge in [0, 0.05) is 36.4 Å². The average molecular weight is 359 g/mol. The molecule has 136 valence electrons. The predicted octanol–water partition coefficient (Wildman–Crippen LogP) is 3.95. The van der Waals surface area contributed by atoms with Crippen molar-refractivity contribution in [3.63, 3.8) is 0 Å². The molecule has 5 nitrogen and oxygen atoms in total. The molecule has 1 atom stereocenters. The minimum atomic E-state index is -0.142. The first kappa shape index (κ1) is 18.3. The first-order valence-electron chi connectivity index (χ1n) is 8.71. The Labute approximate surface area is 158 Å². The lowest BCUT2D eigenvalue weighted by atomic mass is 10.1. The summed E-state index contributed by atoms with van der Waals surface area (Å²) in [4.78, 5) is 20.1. The van der Waals surface area contributed by atoms with Gasteiger partial charge in [-0.15, -0.1) is 0 Å². The number of hydrogen-bond acceptors (Lipinski definition) is 4. The van der Waals surface area contributed by atoms with Crippen molar-refractivity contribution < 1.29 is 9.53 Å². The molecule has 2 aromatic heterocycles. The molecule has 0 fully saturated rings. The minimum Gasteiger partial charge on any atom is -0.489 e. The van der Waals surface area contributed by atoms with E-state index in [9.17, 15) is 4.79 Å². The van der Waals surface area contributed by atoms with Gasteiger partial charge >= 0.3 is 0 Å². The van der Waals surface area contributed by atoms with Crippen LogP contribution >= 0.6 is 0 Å². The lowest BCUT2D eigenvalue weighted by Gasteiger charge is -2.14. The number of amides is 1. The van der Waals surface area contributed by atoms with Crippen molar-refractivity contribution >= 4 is 12.0 Å². The van der Waals surface area contributed by atoms with Crippen LogP contribution in [0.4, 0.5) is 0 Å². The van der Waals surface area contributed by atoms with Crippen LogP contribution in [0.25, 0.3) is 6.08 Å². The fourth-order valence-corrected chi connectivity index (χ4v) is 2.49. The molecule has 5 heteroatoms. The van der Waals surface area contributed by atoms with Crippen molar-refractivity contribution in [2.45, 2.75) is 19.6 Å². The van der Waals surface area contributed by atoms with Crippen LogP contribution in [0.2, 0.25) is 0 Å². The normalized spacial score (nSPS) is 11.9. The molecule has 1 amide bonds. The molecule has 0 aliphatic carbocycles. The van der Waals surface area contributed by atoms with Crippen molar-refractivity contribution in [1.29, 1.82) is 0 Å². The quantitative estimate of drug-likeness (QED) is 0.649. The van der Waals surface area contributed by atoms with Crippen LogP contribution in [0.1, 0.15) is 29.7 Å². The molecule has 3 rings (SSSR count). The Morgan fingerprint density at radius 1 is 1.07 bits per heavy atom. The van der Waals surface area contributed by atoms with E-state index in [1.54, 1.807) is 30.9 Å². The zero-order chi connectivity index (χ0) is 18.9. The number of rotatable bonds is 7.